The second-order valence-electron chi connectivity index (χ2n) is 4.44. The molecule has 3 nitrogen and oxygen atoms in total. The maximum absolute atomic E-state index is 6.27. The van der Waals surface area contributed by atoms with Gasteiger partial charge in [0.1, 0.15) is 5.60 Å². The summed E-state index contributed by atoms with van der Waals surface area (Å²) >= 11 is 0. The maximum Gasteiger partial charge on any atom is 0.218 e. The van der Waals surface area contributed by atoms with Crippen molar-refractivity contribution in [2.75, 3.05) is 0 Å². The van der Waals surface area contributed by atoms with E-state index in [2.05, 4.69) is 25.8 Å². The number of hydrogen-bond acceptors (Lipinski definition) is 3. The van der Waals surface area contributed by atoms with Crippen LogP contribution in [0.15, 0.2) is 18.3 Å². The maximum atomic E-state index is 6.27. The van der Waals surface area contributed by atoms with Crippen LogP contribution >= 0.6 is 0 Å². The molecule has 0 aliphatic carbocycles. The minimum Gasteiger partial charge on any atom is -0.469 e. The van der Waals surface area contributed by atoms with Gasteiger partial charge in [-0.25, -0.2) is 4.98 Å². The lowest BCUT2D eigenvalue weighted by atomic mass is 9.80. The summed E-state index contributed by atoms with van der Waals surface area (Å²) in [5.41, 5.74) is 7.03. The van der Waals surface area contributed by atoms with E-state index in [1.807, 2.05) is 12.1 Å². The molecular formula is C12H18N2O. The minimum absolute atomic E-state index is 0.0637. The fourth-order valence-corrected chi connectivity index (χ4v) is 2.41. The third-order valence-electron chi connectivity index (χ3n) is 3.48. The van der Waals surface area contributed by atoms with Gasteiger partial charge in [0.25, 0.3) is 0 Å². The smallest absolute Gasteiger partial charge is 0.218 e. The van der Waals surface area contributed by atoms with Crippen molar-refractivity contribution in [2.24, 2.45) is 11.7 Å². The zero-order valence-corrected chi connectivity index (χ0v) is 9.53. The molecule has 0 bridgehead atoms. The van der Waals surface area contributed by atoms with Crippen molar-refractivity contribution >= 4 is 0 Å². The lowest BCUT2D eigenvalue weighted by molar-refractivity contribution is 0.0147. The van der Waals surface area contributed by atoms with Crippen molar-refractivity contribution in [3.05, 3.63) is 23.9 Å². The standard InChI is InChI=1S/C12H18N2O/c1-4-12(8(2)3)10(13)9-6-5-7-14-11(9)15-12/h5-8,10H,4,13H2,1-3H3/t10-,12?/m1/s1. The number of pyridine rings is 1. The van der Waals surface area contributed by atoms with Crippen LogP contribution in [0.5, 0.6) is 5.88 Å². The van der Waals surface area contributed by atoms with E-state index < -0.39 is 0 Å². The summed E-state index contributed by atoms with van der Waals surface area (Å²) in [6, 6.07) is 3.85. The minimum atomic E-state index is -0.281. The van der Waals surface area contributed by atoms with Gasteiger partial charge in [0.15, 0.2) is 0 Å². The van der Waals surface area contributed by atoms with E-state index in [0.717, 1.165) is 12.0 Å². The first kappa shape index (κ1) is 10.4. The van der Waals surface area contributed by atoms with Gasteiger partial charge in [0.05, 0.1) is 6.04 Å². The van der Waals surface area contributed by atoms with Crippen molar-refractivity contribution < 1.29 is 4.74 Å². The first-order chi connectivity index (χ1) is 7.12. The molecule has 3 heteroatoms. The van der Waals surface area contributed by atoms with Gasteiger partial charge >= 0.3 is 0 Å². The van der Waals surface area contributed by atoms with Crippen molar-refractivity contribution in [1.29, 1.82) is 0 Å². The van der Waals surface area contributed by atoms with Crippen molar-refractivity contribution in [3.8, 4) is 5.88 Å². The van der Waals surface area contributed by atoms with E-state index >= 15 is 0 Å². The summed E-state index contributed by atoms with van der Waals surface area (Å²) < 4.78 is 5.98. The third-order valence-corrected chi connectivity index (χ3v) is 3.48. The number of fused-ring (bicyclic) bond motifs is 1. The van der Waals surface area contributed by atoms with Crippen LogP contribution in [0.1, 0.15) is 38.8 Å². The number of nitrogens with zero attached hydrogens (tertiary/aromatic N) is 1. The van der Waals surface area contributed by atoms with Gasteiger partial charge in [-0.3, -0.25) is 0 Å². The first-order valence-corrected chi connectivity index (χ1v) is 5.51. The molecule has 0 radical (unpaired) electrons. The van der Waals surface area contributed by atoms with E-state index in [9.17, 15) is 0 Å². The predicted molar refractivity (Wildman–Crippen MR) is 59.7 cm³/mol. The van der Waals surface area contributed by atoms with E-state index in [0.29, 0.717) is 11.8 Å². The Kier molecular flexibility index (Phi) is 2.43. The average molecular weight is 206 g/mol. The van der Waals surface area contributed by atoms with Crippen LogP contribution in [0.4, 0.5) is 0 Å². The van der Waals surface area contributed by atoms with E-state index in [4.69, 9.17) is 10.5 Å². The molecule has 1 aromatic heterocycles. The second-order valence-corrected chi connectivity index (χ2v) is 4.44. The van der Waals surface area contributed by atoms with Crippen LogP contribution < -0.4 is 10.5 Å². The summed E-state index contributed by atoms with van der Waals surface area (Å²) in [4.78, 5) is 4.23. The van der Waals surface area contributed by atoms with Crippen LogP contribution in [-0.2, 0) is 0 Å². The van der Waals surface area contributed by atoms with Gasteiger partial charge in [-0.2, -0.15) is 0 Å². The van der Waals surface area contributed by atoms with Gasteiger partial charge in [-0.15, -0.1) is 0 Å². The van der Waals surface area contributed by atoms with Gasteiger partial charge in [0.2, 0.25) is 5.88 Å². The molecule has 2 rings (SSSR count). The molecule has 2 N–H and O–H groups in total. The summed E-state index contributed by atoms with van der Waals surface area (Å²) in [6.07, 6.45) is 2.65. The highest BCUT2D eigenvalue weighted by Crippen LogP contribution is 2.46. The van der Waals surface area contributed by atoms with Crippen LogP contribution in [0, 0.1) is 5.92 Å². The topological polar surface area (TPSA) is 48.1 Å². The summed E-state index contributed by atoms with van der Waals surface area (Å²) in [5, 5.41) is 0. The molecule has 15 heavy (non-hydrogen) atoms. The molecule has 2 heterocycles. The number of hydrogen-bond donors (Lipinski definition) is 1. The molecular weight excluding hydrogens is 188 g/mol. The Morgan fingerprint density at radius 3 is 2.87 bits per heavy atom. The van der Waals surface area contributed by atoms with Crippen LogP contribution in [-0.4, -0.2) is 10.6 Å². The highest BCUT2D eigenvalue weighted by atomic mass is 16.5. The van der Waals surface area contributed by atoms with Crippen LogP contribution in [0.2, 0.25) is 0 Å². The Morgan fingerprint density at radius 1 is 1.60 bits per heavy atom. The van der Waals surface area contributed by atoms with E-state index in [1.54, 1.807) is 6.20 Å². The largest absolute Gasteiger partial charge is 0.469 e. The summed E-state index contributed by atoms with van der Waals surface area (Å²) in [7, 11) is 0. The summed E-state index contributed by atoms with van der Waals surface area (Å²) in [6.45, 7) is 6.41. The highest BCUT2D eigenvalue weighted by molar-refractivity contribution is 5.37. The molecule has 0 spiro atoms. The fourth-order valence-electron chi connectivity index (χ4n) is 2.41. The monoisotopic (exact) mass is 206 g/mol. The Hall–Kier alpha value is -1.09. The Morgan fingerprint density at radius 2 is 2.33 bits per heavy atom. The lowest BCUT2D eigenvalue weighted by Crippen LogP contribution is -2.46. The lowest BCUT2D eigenvalue weighted by Gasteiger charge is -2.35. The Labute approximate surface area is 90.7 Å². The molecule has 1 unspecified atom stereocenters. The highest BCUT2D eigenvalue weighted by Gasteiger charge is 2.48. The third kappa shape index (κ3) is 1.34. The van der Waals surface area contributed by atoms with Gasteiger partial charge in [-0.05, 0) is 18.4 Å². The fraction of sp³-hybridized carbons (Fsp3) is 0.583. The molecule has 2 atom stereocenters. The second kappa shape index (κ2) is 3.49. The van der Waals surface area contributed by atoms with Crippen molar-refractivity contribution in [2.45, 2.75) is 38.8 Å². The molecule has 1 aromatic rings. The number of aromatic nitrogens is 1. The number of nitrogens with two attached hydrogens (primary N) is 1. The molecule has 0 aromatic carbocycles. The first-order valence-electron chi connectivity index (χ1n) is 5.51. The molecule has 1 aliphatic rings. The van der Waals surface area contributed by atoms with E-state index in [1.165, 1.54) is 0 Å². The van der Waals surface area contributed by atoms with Crippen molar-refractivity contribution in [1.82, 2.24) is 4.98 Å². The number of ether oxygens (including phenoxy) is 1. The van der Waals surface area contributed by atoms with Gasteiger partial charge in [0, 0.05) is 11.8 Å². The van der Waals surface area contributed by atoms with Gasteiger partial charge < -0.3 is 10.5 Å². The molecule has 1 aliphatic heterocycles. The Balaban J connectivity index is 2.44. The SMILES string of the molecule is CCC1(C(C)C)Oc2ncccc2[C@H]1N. The quantitative estimate of drug-likeness (QED) is 0.807. The average Bonchev–Trinajstić information content (AvgIpc) is 2.53. The zero-order valence-electron chi connectivity index (χ0n) is 9.53. The Bertz CT molecular complexity index is 364. The van der Waals surface area contributed by atoms with E-state index in [-0.39, 0.29) is 11.6 Å². The molecule has 0 fully saturated rings. The predicted octanol–water partition coefficient (Wildman–Crippen LogP) is 2.28. The molecule has 0 amide bonds. The molecule has 0 saturated heterocycles. The zero-order chi connectivity index (χ0) is 11.1. The molecule has 0 saturated carbocycles. The van der Waals surface area contributed by atoms with Crippen LogP contribution in [0.25, 0.3) is 0 Å². The normalized spacial score (nSPS) is 29.0. The van der Waals surface area contributed by atoms with Crippen LogP contribution in [0.3, 0.4) is 0 Å². The summed E-state index contributed by atoms with van der Waals surface area (Å²) in [5.74, 6) is 1.09. The molecule has 82 valence electrons. The van der Waals surface area contributed by atoms with Crippen molar-refractivity contribution in [3.63, 3.8) is 0 Å². The number of rotatable bonds is 2. The van der Waals surface area contributed by atoms with Gasteiger partial charge in [-0.1, -0.05) is 26.8 Å².